The fourth-order valence-electron chi connectivity index (χ4n) is 3.95. The van der Waals surface area contributed by atoms with E-state index in [1.807, 2.05) is 18.2 Å². The normalized spacial score (nSPS) is 10.9. The van der Waals surface area contributed by atoms with Gasteiger partial charge in [0.05, 0.1) is 10.9 Å². The highest BCUT2D eigenvalue weighted by Gasteiger charge is 2.16. The van der Waals surface area contributed by atoms with E-state index in [0.717, 1.165) is 10.1 Å². The molecule has 0 atom stereocenters. The first-order valence-electron chi connectivity index (χ1n) is 11.6. The third-order valence-corrected chi connectivity index (χ3v) is 6.37. The van der Waals surface area contributed by atoms with Crippen LogP contribution >= 0.6 is 23.2 Å². The van der Waals surface area contributed by atoms with Crippen LogP contribution in [0, 0.1) is 0 Å². The lowest BCUT2D eigenvalue weighted by atomic mass is 10.2. The summed E-state index contributed by atoms with van der Waals surface area (Å²) < 4.78 is 2.32. The second-order valence-corrected chi connectivity index (χ2v) is 9.22. The Morgan fingerprint density at radius 2 is 1.59 bits per heavy atom. The smallest absolute Gasteiger partial charge is 0.331 e. The number of nitrogens with zero attached hydrogens (tertiary/aromatic N) is 2. The third kappa shape index (κ3) is 6.47. The first-order chi connectivity index (χ1) is 17.8. The van der Waals surface area contributed by atoms with Gasteiger partial charge in [0, 0.05) is 35.2 Å². The number of nitrogens with one attached hydrogen (secondary N) is 2. The van der Waals surface area contributed by atoms with Crippen LogP contribution in [0.3, 0.4) is 0 Å². The van der Waals surface area contributed by atoms with Gasteiger partial charge in [0.2, 0.25) is 11.8 Å². The van der Waals surface area contributed by atoms with Crippen LogP contribution in [0.5, 0.6) is 0 Å². The van der Waals surface area contributed by atoms with E-state index in [2.05, 4.69) is 10.6 Å². The molecule has 0 bridgehead atoms. The summed E-state index contributed by atoms with van der Waals surface area (Å²) in [6.07, 6.45) is 0.370. The van der Waals surface area contributed by atoms with Gasteiger partial charge in [-0.2, -0.15) is 0 Å². The van der Waals surface area contributed by atoms with Crippen molar-refractivity contribution in [3.05, 3.63) is 109 Å². The monoisotopic (exact) mass is 538 g/mol. The number of rotatable bonds is 9. The van der Waals surface area contributed by atoms with Crippen molar-refractivity contribution in [1.29, 1.82) is 0 Å². The second-order valence-electron chi connectivity index (χ2n) is 8.37. The maximum Gasteiger partial charge on any atom is 0.331 e. The van der Waals surface area contributed by atoms with E-state index in [1.54, 1.807) is 54.6 Å². The van der Waals surface area contributed by atoms with Crippen LogP contribution in [-0.4, -0.2) is 20.9 Å². The molecule has 0 saturated heterocycles. The molecule has 2 amide bonds. The molecule has 4 rings (SSSR count). The van der Waals surface area contributed by atoms with E-state index in [4.69, 9.17) is 23.2 Å². The van der Waals surface area contributed by atoms with Gasteiger partial charge in [0.15, 0.2) is 0 Å². The number of hydrogen-bond acceptors (Lipinski definition) is 4. The molecule has 10 heteroatoms. The molecule has 0 saturated carbocycles. The number of amides is 2. The molecule has 0 fully saturated rings. The van der Waals surface area contributed by atoms with Crippen LogP contribution in [0.4, 0.5) is 5.69 Å². The Hall–Kier alpha value is -3.88. The summed E-state index contributed by atoms with van der Waals surface area (Å²) in [5.74, 6) is -0.673. The van der Waals surface area contributed by atoms with Gasteiger partial charge >= 0.3 is 5.69 Å². The van der Waals surface area contributed by atoms with E-state index < -0.39 is 17.2 Å². The minimum absolute atomic E-state index is 0.0257. The molecule has 2 N–H and O–H groups in total. The minimum atomic E-state index is -0.624. The predicted octanol–water partition coefficient (Wildman–Crippen LogP) is 4.21. The summed E-state index contributed by atoms with van der Waals surface area (Å²) in [7, 11) is 0. The highest BCUT2D eigenvalue weighted by Crippen LogP contribution is 2.16. The molecule has 0 spiro atoms. The van der Waals surface area contributed by atoms with Gasteiger partial charge in [0.25, 0.3) is 5.56 Å². The Kier molecular flexibility index (Phi) is 8.43. The average molecular weight is 539 g/mol. The van der Waals surface area contributed by atoms with Crippen molar-refractivity contribution >= 4 is 51.6 Å². The molecule has 0 radical (unpaired) electrons. The zero-order valence-electron chi connectivity index (χ0n) is 19.7. The molecule has 3 aromatic carbocycles. The molecule has 0 unspecified atom stereocenters. The quantitative estimate of drug-likeness (QED) is 0.333. The fourth-order valence-corrected chi connectivity index (χ4v) is 4.35. The number of anilines is 1. The summed E-state index contributed by atoms with van der Waals surface area (Å²) in [5, 5.41) is 6.84. The Labute approximate surface area is 222 Å². The number of carbonyl (C=O) groups excluding carboxylic acids is 2. The standard InChI is InChI=1S/C27H24Cl2N4O4/c28-19-8-5-9-20(15-19)31-25(35)17-33-23-12-4-2-10-21(23)26(36)32(27(33)37)14-6-13-24(34)30-16-18-7-1-3-11-22(18)29/h1-5,7-12,15H,6,13-14,16-17H2,(H,30,34)(H,31,35). The number of hydrogen-bond donors (Lipinski definition) is 2. The van der Waals surface area contributed by atoms with Crippen molar-refractivity contribution in [2.24, 2.45) is 0 Å². The molecule has 190 valence electrons. The Balaban J connectivity index is 1.48. The lowest BCUT2D eigenvalue weighted by Gasteiger charge is -2.14. The second kappa shape index (κ2) is 11.9. The summed E-state index contributed by atoms with van der Waals surface area (Å²) in [4.78, 5) is 51.4. The SMILES string of the molecule is O=C(CCCn1c(=O)c2ccccc2n(CC(=O)Nc2cccc(Cl)c2)c1=O)NCc1ccccc1Cl. The Morgan fingerprint density at radius 1 is 0.838 bits per heavy atom. The van der Waals surface area contributed by atoms with Gasteiger partial charge in [-0.05, 0) is 48.4 Å². The lowest BCUT2D eigenvalue weighted by molar-refractivity contribution is -0.121. The molecule has 0 aliphatic carbocycles. The van der Waals surface area contributed by atoms with Gasteiger partial charge < -0.3 is 10.6 Å². The highest BCUT2D eigenvalue weighted by molar-refractivity contribution is 6.31. The molecule has 1 heterocycles. The summed E-state index contributed by atoms with van der Waals surface area (Å²) in [5.41, 5.74) is 0.547. The highest BCUT2D eigenvalue weighted by atomic mass is 35.5. The van der Waals surface area contributed by atoms with E-state index in [0.29, 0.717) is 26.6 Å². The van der Waals surface area contributed by atoms with Crippen molar-refractivity contribution in [2.75, 3.05) is 5.32 Å². The third-order valence-electron chi connectivity index (χ3n) is 5.76. The van der Waals surface area contributed by atoms with E-state index >= 15 is 0 Å². The van der Waals surface area contributed by atoms with Gasteiger partial charge in [-0.15, -0.1) is 0 Å². The number of fused-ring (bicyclic) bond motifs is 1. The van der Waals surface area contributed by atoms with Crippen molar-refractivity contribution in [3.63, 3.8) is 0 Å². The topological polar surface area (TPSA) is 102 Å². The van der Waals surface area contributed by atoms with Gasteiger partial charge in [-0.1, -0.05) is 59.6 Å². The fraction of sp³-hybridized carbons (Fsp3) is 0.185. The van der Waals surface area contributed by atoms with Gasteiger partial charge in [-0.3, -0.25) is 23.5 Å². The van der Waals surface area contributed by atoms with Crippen LogP contribution in [0.15, 0.2) is 82.4 Å². The minimum Gasteiger partial charge on any atom is -0.352 e. The molecule has 37 heavy (non-hydrogen) atoms. The summed E-state index contributed by atoms with van der Waals surface area (Å²) in [6.45, 7) is 0.00532. The molecule has 1 aromatic heterocycles. The van der Waals surface area contributed by atoms with Crippen LogP contribution in [0.1, 0.15) is 18.4 Å². The van der Waals surface area contributed by atoms with E-state index in [9.17, 15) is 19.2 Å². The van der Waals surface area contributed by atoms with Crippen molar-refractivity contribution in [3.8, 4) is 0 Å². The van der Waals surface area contributed by atoms with Crippen LogP contribution in [0.25, 0.3) is 10.9 Å². The maximum atomic E-state index is 13.3. The van der Waals surface area contributed by atoms with Gasteiger partial charge in [-0.25, -0.2) is 4.79 Å². The zero-order chi connectivity index (χ0) is 26.4. The van der Waals surface area contributed by atoms with Crippen LogP contribution < -0.4 is 21.9 Å². The van der Waals surface area contributed by atoms with Crippen LogP contribution in [-0.2, 0) is 29.2 Å². The zero-order valence-corrected chi connectivity index (χ0v) is 21.3. The Morgan fingerprint density at radius 3 is 2.38 bits per heavy atom. The molecular formula is C27H24Cl2N4O4. The summed E-state index contributed by atoms with van der Waals surface area (Å²) >= 11 is 12.1. The molecule has 8 nitrogen and oxygen atoms in total. The van der Waals surface area contributed by atoms with Gasteiger partial charge in [0.1, 0.15) is 6.54 Å². The van der Waals surface area contributed by atoms with Crippen molar-refractivity contribution in [2.45, 2.75) is 32.5 Å². The first kappa shape index (κ1) is 26.2. The summed E-state index contributed by atoms with van der Waals surface area (Å²) in [6, 6.07) is 20.5. The number of benzene rings is 3. The average Bonchev–Trinajstić information content (AvgIpc) is 2.88. The number of para-hydroxylation sites is 1. The first-order valence-corrected chi connectivity index (χ1v) is 12.4. The van der Waals surface area contributed by atoms with Crippen molar-refractivity contribution in [1.82, 2.24) is 14.5 Å². The number of carbonyl (C=O) groups is 2. The maximum absolute atomic E-state index is 13.3. The largest absolute Gasteiger partial charge is 0.352 e. The van der Waals surface area contributed by atoms with Crippen LogP contribution in [0.2, 0.25) is 10.0 Å². The number of aromatic nitrogens is 2. The molecule has 0 aliphatic heterocycles. The van der Waals surface area contributed by atoms with E-state index in [-0.39, 0.29) is 38.4 Å². The Bertz CT molecular complexity index is 1580. The molecular weight excluding hydrogens is 515 g/mol. The van der Waals surface area contributed by atoms with Crippen molar-refractivity contribution < 1.29 is 9.59 Å². The van der Waals surface area contributed by atoms with E-state index in [1.165, 1.54) is 4.57 Å². The number of halogens is 2. The predicted molar refractivity (Wildman–Crippen MR) is 145 cm³/mol. The molecule has 4 aromatic rings. The molecule has 0 aliphatic rings. The lowest BCUT2D eigenvalue weighted by Crippen LogP contribution is -2.42.